The van der Waals surface area contributed by atoms with Crippen LogP contribution in [0.3, 0.4) is 0 Å². The molecule has 0 bridgehead atoms. The Morgan fingerprint density at radius 2 is 1.30 bits per heavy atom. The number of aryl methyl sites for hydroxylation is 1. The first-order chi connectivity index (χ1) is 24.7. The second kappa shape index (κ2) is 11.3. The largest absolute Gasteiger partial charge is 0.313 e. The summed E-state index contributed by atoms with van der Waals surface area (Å²) >= 11 is 0. The molecule has 50 heavy (non-hydrogen) atoms. The Labute approximate surface area is 297 Å². The van der Waals surface area contributed by atoms with E-state index in [2.05, 4.69) is 164 Å². The second-order valence-corrected chi connectivity index (χ2v) is 19.5. The van der Waals surface area contributed by atoms with E-state index in [-0.39, 0.29) is 6.71 Å². The number of fused-ring (bicyclic) bond motifs is 7. The first-order valence-corrected chi connectivity index (χ1v) is 21.5. The van der Waals surface area contributed by atoms with Crippen LogP contribution >= 0.6 is 0 Å². The number of aromatic nitrogens is 1. The van der Waals surface area contributed by atoms with Crippen molar-refractivity contribution in [3.63, 3.8) is 0 Å². The Hall–Kier alpha value is -4.86. The summed E-state index contributed by atoms with van der Waals surface area (Å²) in [6.07, 6.45) is 6.13. The monoisotopic (exact) mass is 659 g/mol. The summed E-state index contributed by atoms with van der Waals surface area (Å²) in [4.78, 5) is 0. The van der Waals surface area contributed by atoms with Crippen LogP contribution < -0.4 is 26.8 Å². The fourth-order valence-electron chi connectivity index (χ4n) is 10.5. The van der Waals surface area contributed by atoms with Crippen molar-refractivity contribution < 1.29 is 0 Å². The molecule has 7 aromatic rings. The van der Waals surface area contributed by atoms with Gasteiger partial charge in [0.25, 0.3) is 0 Å². The van der Waals surface area contributed by atoms with Gasteiger partial charge in [0.05, 0.1) is 10.9 Å². The topological polar surface area (TPSA) is 4.93 Å². The van der Waals surface area contributed by atoms with Gasteiger partial charge in [-0.3, -0.25) is 0 Å². The second-order valence-electron chi connectivity index (χ2n) is 15.1. The maximum atomic E-state index is 2.64. The summed E-state index contributed by atoms with van der Waals surface area (Å²) in [5, 5.41) is 4.66. The molecule has 0 saturated carbocycles. The first-order valence-electron chi connectivity index (χ1n) is 18.8. The fourth-order valence-corrected chi connectivity index (χ4v) is 14.2. The molecule has 242 valence electrons. The van der Waals surface area contributed by atoms with Gasteiger partial charge in [0.2, 0.25) is 6.71 Å². The molecule has 0 saturated heterocycles. The van der Waals surface area contributed by atoms with E-state index >= 15 is 0 Å². The number of rotatable bonds is 4. The standard InChI is InChI=1S/C47H42BNSi/c1-3-50(2)44-28-16-14-25-41(44)48-40-31-30-35(49-42-26-12-6-11-22-36(42)37-23-13-15-27-43(37)49)32-39(40)47(33-18-7-4-8-19-33,34-20-9-5-10-21-34)38-24-17-29-45(50)46(38)48/h4-5,7-10,13-21,23-25,27-32H,3,6,11-12,22,26H2,1-2H3. The lowest BCUT2D eigenvalue weighted by atomic mass is 9.30. The predicted octanol–water partition coefficient (Wildman–Crippen LogP) is 7.64. The predicted molar refractivity (Wildman–Crippen MR) is 215 cm³/mol. The van der Waals surface area contributed by atoms with Crippen LogP contribution in [0.25, 0.3) is 16.6 Å². The highest BCUT2D eigenvalue weighted by Crippen LogP contribution is 2.47. The molecule has 0 amide bonds. The molecule has 1 unspecified atom stereocenters. The average Bonchev–Trinajstić information content (AvgIpc) is 3.30. The molecule has 0 fully saturated rings. The molecule has 0 N–H and O–H groups in total. The average molecular weight is 660 g/mol. The summed E-state index contributed by atoms with van der Waals surface area (Å²) < 4.78 is 2.64. The van der Waals surface area contributed by atoms with Gasteiger partial charge in [0, 0.05) is 16.8 Å². The van der Waals surface area contributed by atoms with Crippen molar-refractivity contribution in [1.82, 2.24) is 4.57 Å². The van der Waals surface area contributed by atoms with Crippen molar-refractivity contribution in [2.75, 3.05) is 0 Å². The minimum atomic E-state index is -2.00. The van der Waals surface area contributed by atoms with Crippen LogP contribution in [-0.4, -0.2) is 19.4 Å². The van der Waals surface area contributed by atoms with Gasteiger partial charge in [-0.2, -0.15) is 0 Å². The molecule has 3 heterocycles. The SMILES string of the molecule is CC[Si]1(C)c2ccccc2B2c3ccc(-n4c5c(c6ccccc64)CCCCC5)cc3C(c3ccccc3)(c3ccccc3)c3cccc1c32. The van der Waals surface area contributed by atoms with Crippen molar-refractivity contribution in [3.05, 3.63) is 179 Å². The van der Waals surface area contributed by atoms with E-state index in [1.54, 1.807) is 21.4 Å². The van der Waals surface area contributed by atoms with Gasteiger partial charge in [-0.05, 0) is 71.7 Å². The van der Waals surface area contributed by atoms with Crippen LogP contribution in [-0.2, 0) is 18.3 Å². The molecule has 0 radical (unpaired) electrons. The van der Waals surface area contributed by atoms with Gasteiger partial charge in [0.1, 0.15) is 8.07 Å². The summed E-state index contributed by atoms with van der Waals surface area (Å²) in [6.45, 7) is 5.25. The lowest BCUT2D eigenvalue weighted by Crippen LogP contribution is -2.80. The van der Waals surface area contributed by atoms with Crippen LogP contribution in [0.5, 0.6) is 0 Å². The molecule has 3 heteroatoms. The van der Waals surface area contributed by atoms with Gasteiger partial charge in [-0.1, -0.05) is 180 Å². The van der Waals surface area contributed by atoms with E-state index < -0.39 is 13.5 Å². The zero-order valence-electron chi connectivity index (χ0n) is 29.1. The molecule has 2 aliphatic heterocycles. The van der Waals surface area contributed by atoms with E-state index in [0.29, 0.717) is 0 Å². The lowest BCUT2D eigenvalue weighted by Gasteiger charge is -2.49. The fraction of sp³-hybridized carbons (Fsp3) is 0.191. The number of para-hydroxylation sites is 1. The van der Waals surface area contributed by atoms with E-state index in [9.17, 15) is 0 Å². The summed E-state index contributed by atoms with van der Waals surface area (Å²) in [5.41, 5.74) is 15.3. The number of nitrogens with zero attached hydrogens (tertiary/aromatic N) is 1. The zero-order valence-corrected chi connectivity index (χ0v) is 30.1. The van der Waals surface area contributed by atoms with Gasteiger partial charge < -0.3 is 4.57 Å². The third-order valence-electron chi connectivity index (χ3n) is 12.8. The zero-order chi connectivity index (χ0) is 33.5. The Morgan fingerprint density at radius 1 is 0.620 bits per heavy atom. The van der Waals surface area contributed by atoms with Crippen LogP contribution in [0.15, 0.2) is 146 Å². The van der Waals surface area contributed by atoms with Crippen molar-refractivity contribution >= 4 is 52.5 Å². The van der Waals surface area contributed by atoms with E-state index in [1.165, 1.54) is 87.2 Å². The van der Waals surface area contributed by atoms with Gasteiger partial charge >= 0.3 is 0 Å². The van der Waals surface area contributed by atoms with Crippen LogP contribution in [0.2, 0.25) is 12.6 Å². The summed E-state index contributed by atoms with van der Waals surface area (Å²) in [7, 11) is -2.00. The Bertz CT molecular complexity index is 2390. The van der Waals surface area contributed by atoms with Gasteiger partial charge in [-0.25, -0.2) is 0 Å². The maximum Gasteiger partial charge on any atom is 0.241 e. The molecule has 1 atom stereocenters. The molecule has 1 nitrogen and oxygen atoms in total. The van der Waals surface area contributed by atoms with Crippen molar-refractivity contribution in [2.45, 2.75) is 57.0 Å². The molecule has 6 aromatic carbocycles. The lowest BCUT2D eigenvalue weighted by molar-refractivity contribution is 0.704. The molecular formula is C47H42BNSi. The van der Waals surface area contributed by atoms with Crippen LogP contribution in [0.1, 0.15) is 59.7 Å². The third kappa shape index (κ3) is 3.96. The Balaban J connectivity index is 1.37. The van der Waals surface area contributed by atoms with E-state index in [0.717, 1.165) is 6.42 Å². The van der Waals surface area contributed by atoms with Gasteiger partial charge in [-0.15, -0.1) is 0 Å². The third-order valence-corrected chi connectivity index (χ3v) is 17.5. The van der Waals surface area contributed by atoms with Crippen LogP contribution in [0.4, 0.5) is 0 Å². The van der Waals surface area contributed by atoms with Crippen LogP contribution in [0, 0.1) is 0 Å². The number of benzene rings is 6. The Kier molecular flexibility index (Phi) is 6.80. The smallest absolute Gasteiger partial charge is 0.241 e. The van der Waals surface area contributed by atoms with Gasteiger partial charge in [0.15, 0.2) is 0 Å². The molecule has 0 spiro atoms. The van der Waals surface area contributed by atoms with E-state index in [1.807, 2.05) is 0 Å². The van der Waals surface area contributed by atoms with E-state index in [4.69, 9.17) is 0 Å². The van der Waals surface area contributed by atoms with Crippen molar-refractivity contribution in [1.29, 1.82) is 0 Å². The maximum absolute atomic E-state index is 2.64. The molecule has 3 aliphatic rings. The number of hydrogen-bond donors (Lipinski definition) is 0. The minimum absolute atomic E-state index is 0.202. The molecule has 10 rings (SSSR count). The normalized spacial score (nSPS) is 18.5. The highest BCUT2D eigenvalue weighted by molar-refractivity contribution is 7.14. The quantitative estimate of drug-likeness (QED) is 0.135. The number of hydrogen-bond acceptors (Lipinski definition) is 0. The molecule has 1 aromatic heterocycles. The summed E-state index contributed by atoms with van der Waals surface area (Å²) in [5.74, 6) is 0. The highest BCUT2D eigenvalue weighted by atomic mass is 28.3. The summed E-state index contributed by atoms with van der Waals surface area (Å²) in [6, 6.07) is 57.6. The first kappa shape index (κ1) is 30.0. The molecular weight excluding hydrogens is 617 g/mol. The van der Waals surface area contributed by atoms with Crippen molar-refractivity contribution in [2.24, 2.45) is 0 Å². The van der Waals surface area contributed by atoms with Crippen molar-refractivity contribution in [3.8, 4) is 5.69 Å². The highest BCUT2D eigenvalue weighted by Gasteiger charge is 2.53. The molecule has 1 aliphatic carbocycles. The minimum Gasteiger partial charge on any atom is -0.313 e. The Morgan fingerprint density at radius 3 is 2.08 bits per heavy atom.